The van der Waals surface area contributed by atoms with Crippen LogP contribution in [-0.2, 0) is 0 Å². The Kier molecular flexibility index (Phi) is 5.49. The number of carbonyl (C=O) groups excluding carboxylic acids is 1. The summed E-state index contributed by atoms with van der Waals surface area (Å²) in [6.45, 7) is 2.13. The molecule has 0 aliphatic heterocycles. The zero-order chi connectivity index (χ0) is 15.9. The third-order valence-electron chi connectivity index (χ3n) is 3.44. The number of amides is 1. The van der Waals surface area contributed by atoms with Gasteiger partial charge in [-0.25, -0.2) is 0 Å². The molecule has 0 bridgehead atoms. The lowest BCUT2D eigenvalue weighted by atomic mass is 9.93. The van der Waals surface area contributed by atoms with Crippen molar-refractivity contribution in [3.8, 4) is 0 Å². The minimum atomic E-state index is -0.457. The average molecular weight is 300 g/mol. The minimum Gasteiger partial charge on any atom is -0.393 e. The van der Waals surface area contributed by atoms with Gasteiger partial charge >= 0.3 is 0 Å². The van der Waals surface area contributed by atoms with Crippen molar-refractivity contribution in [1.29, 1.82) is 0 Å². The van der Waals surface area contributed by atoms with E-state index in [0.29, 0.717) is 18.5 Å². The molecule has 1 aromatic heterocycles. The van der Waals surface area contributed by atoms with Crippen molar-refractivity contribution in [2.24, 2.45) is 0 Å². The highest BCUT2D eigenvalue weighted by Crippen LogP contribution is 2.20. The molecule has 3 N–H and O–H groups in total. The molecule has 5 heteroatoms. The summed E-state index contributed by atoms with van der Waals surface area (Å²) < 4.78 is 0. The van der Waals surface area contributed by atoms with E-state index in [-0.39, 0.29) is 17.4 Å². The first-order chi connectivity index (χ1) is 10.6. The van der Waals surface area contributed by atoms with E-state index in [4.69, 9.17) is 0 Å². The molecule has 22 heavy (non-hydrogen) atoms. The number of aliphatic hydroxyl groups excluding tert-OH is 1. The minimum absolute atomic E-state index is 0.0205. The molecule has 1 aromatic carbocycles. The summed E-state index contributed by atoms with van der Waals surface area (Å²) in [4.78, 5) is 25.8. The number of aromatic nitrogens is 1. The number of hydrogen-bond donors (Lipinski definition) is 3. The zero-order valence-electron chi connectivity index (χ0n) is 12.5. The number of aliphatic hydroxyl groups is 1. The number of nitrogens with one attached hydrogen (secondary N) is 2. The number of pyridine rings is 1. The number of carbonyl (C=O) groups is 1. The highest BCUT2D eigenvalue weighted by Gasteiger charge is 2.16. The summed E-state index contributed by atoms with van der Waals surface area (Å²) >= 11 is 0. The number of rotatable bonds is 6. The smallest absolute Gasteiger partial charge is 0.251 e. The van der Waals surface area contributed by atoms with Gasteiger partial charge in [-0.2, -0.15) is 0 Å². The van der Waals surface area contributed by atoms with Gasteiger partial charge in [0.15, 0.2) is 0 Å². The Morgan fingerprint density at radius 2 is 2.00 bits per heavy atom. The topological polar surface area (TPSA) is 82.2 Å². The van der Waals surface area contributed by atoms with Gasteiger partial charge in [0.1, 0.15) is 0 Å². The van der Waals surface area contributed by atoms with Crippen LogP contribution in [0, 0.1) is 0 Å². The molecule has 2 unspecified atom stereocenters. The van der Waals surface area contributed by atoms with Gasteiger partial charge in [0, 0.05) is 30.3 Å². The van der Waals surface area contributed by atoms with Gasteiger partial charge in [0.05, 0.1) is 6.10 Å². The lowest BCUT2D eigenvalue weighted by Gasteiger charge is -2.19. The van der Waals surface area contributed by atoms with Gasteiger partial charge in [-0.3, -0.25) is 9.59 Å². The molecule has 2 aromatic rings. The second kappa shape index (κ2) is 7.56. The van der Waals surface area contributed by atoms with E-state index in [0.717, 1.165) is 5.56 Å². The second-order valence-corrected chi connectivity index (χ2v) is 5.34. The van der Waals surface area contributed by atoms with E-state index in [1.807, 2.05) is 30.3 Å². The maximum atomic E-state index is 12.1. The number of benzene rings is 1. The van der Waals surface area contributed by atoms with Crippen molar-refractivity contribution in [1.82, 2.24) is 10.3 Å². The van der Waals surface area contributed by atoms with Crippen LogP contribution < -0.4 is 10.9 Å². The van der Waals surface area contributed by atoms with Crippen LogP contribution >= 0.6 is 0 Å². The molecular weight excluding hydrogens is 280 g/mol. The normalized spacial score (nSPS) is 13.4. The van der Waals surface area contributed by atoms with E-state index in [9.17, 15) is 14.7 Å². The van der Waals surface area contributed by atoms with Crippen LogP contribution in [0.4, 0.5) is 0 Å². The van der Waals surface area contributed by atoms with Crippen molar-refractivity contribution in [3.63, 3.8) is 0 Å². The van der Waals surface area contributed by atoms with Gasteiger partial charge in [0.25, 0.3) is 5.91 Å². The Morgan fingerprint density at radius 3 is 2.64 bits per heavy atom. The van der Waals surface area contributed by atoms with Crippen LogP contribution in [0.15, 0.2) is 53.5 Å². The van der Waals surface area contributed by atoms with Crippen molar-refractivity contribution >= 4 is 5.91 Å². The average Bonchev–Trinajstić information content (AvgIpc) is 2.51. The van der Waals surface area contributed by atoms with E-state index in [1.165, 1.54) is 12.3 Å². The Balaban J connectivity index is 2.05. The summed E-state index contributed by atoms with van der Waals surface area (Å²) in [6, 6.07) is 12.6. The molecule has 0 aliphatic carbocycles. The van der Waals surface area contributed by atoms with Crippen molar-refractivity contribution in [2.45, 2.75) is 25.4 Å². The van der Waals surface area contributed by atoms with Crippen LogP contribution in [0.5, 0.6) is 0 Å². The molecule has 0 fully saturated rings. The molecular formula is C17H20N2O3. The van der Waals surface area contributed by atoms with Crippen LogP contribution in [0.3, 0.4) is 0 Å². The predicted molar refractivity (Wildman–Crippen MR) is 84.9 cm³/mol. The number of hydrogen-bond acceptors (Lipinski definition) is 3. The van der Waals surface area contributed by atoms with Crippen molar-refractivity contribution in [2.75, 3.05) is 6.54 Å². The second-order valence-electron chi connectivity index (χ2n) is 5.34. The summed E-state index contributed by atoms with van der Waals surface area (Å²) in [5.74, 6) is -0.273. The first kappa shape index (κ1) is 16.0. The van der Waals surface area contributed by atoms with Crippen LogP contribution in [0.2, 0.25) is 0 Å². The van der Waals surface area contributed by atoms with E-state index >= 15 is 0 Å². The maximum absolute atomic E-state index is 12.1. The van der Waals surface area contributed by atoms with E-state index < -0.39 is 6.10 Å². The molecule has 0 spiro atoms. The van der Waals surface area contributed by atoms with Crippen LogP contribution in [0.1, 0.15) is 35.2 Å². The third kappa shape index (κ3) is 4.56. The molecule has 1 heterocycles. The summed E-state index contributed by atoms with van der Waals surface area (Å²) in [7, 11) is 0. The highest BCUT2D eigenvalue weighted by molar-refractivity contribution is 5.93. The zero-order valence-corrected chi connectivity index (χ0v) is 12.5. The summed E-state index contributed by atoms with van der Waals surface area (Å²) in [5, 5.41) is 12.5. The molecule has 116 valence electrons. The molecule has 2 rings (SSSR count). The van der Waals surface area contributed by atoms with Crippen LogP contribution in [0.25, 0.3) is 0 Å². The molecule has 0 aliphatic rings. The van der Waals surface area contributed by atoms with E-state index in [1.54, 1.807) is 13.0 Å². The largest absolute Gasteiger partial charge is 0.393 e. The summed E-state index contributed by atoms with van der Waals surface area (Å²) in [6.07, 6.45) is 1.54. The molecule has 5 nitrogen and oxygen atoms in total. The maximum Gasteiger partial charge on any atom is 0.251 e. The van der Waals surface area contributed by atoms with Crippen molar-refractivity contribution < 1.29 is 9.90 Å². The Labute approximate surface area is 129 Å². The first-order valence-electron chi connectivity index (χ1n) is 7.26. The quantitative estimate of drug-likeness (QED) is 0.759. The van der Waals surface area contributed by atoms with Crippen LogP contribution in [-0.4, -0.2) is 28.6 Å². The molecule has 0 radical (unpaired) electrons. The van der Waals surface area contributed by atoms with Gasteiger partial charge < -0.3 is 15.4 Å². The fourth-order valence-corrected chi connectivity index (χ4v) is 2.38. The van der Waals surface area contributed by atoms with E-state index in [2.05, 4.69) is 10.3 Å². The number of aromatic amines is 1. The fraction of sp³-hybridized carbons (Fsp3) is 0.294. The van der Waals surface area contributed by atoms with Gasteiger partial charge in [-0.05, 0) is 25.0 Å². The number of H-pyrrole nitrogens is 1. The molecule has 2 atom stereocenters. The molecule has 0 saturated carbocycles. The third-order valence-corrected chi connectivity index (χ3v) is 3.44. The Morgan fingerprint density at radius 1 is 1.27 bits per heavy atom. The first-order valence-corrected chi connectivity index (χ1v) is 7.26. The standard InChI is InChI=1S/C17H20N2O3/c1-12(20)9-15(13-5-3-2-4-6-13)11-19-17(22)14-7-8-18-16(21)10-14/h2-8,10,12,15,20H,9,11H2,1H3,(H,18,21)(H,19,22). The SMILES string of the molecule is CC(O)CC(CNC(=O)c1cc[nH]c(=O)c1)c1ccccc1. The monoisotopic (exact) mass is 300 g/mol. The molecule has 1 amide bonds. The molecule has 0 saturated heterocycles. The van der Waals surface area contributed by atoms with Gasteiger partial charge in [-0.1, -0.05) is 30.3 Å². The lowest BCUT2D eigenvalue weighted by Crippen LogP contribution is -2.30. The van der Waals surface area contributed by atoms with Crippen molar-refractivity contribution in [3.05, 3.63) is 70.1 Å². The predicted octanol–water partition coefficient (Wildman–Crippen LogP) is 1.66. The Bertz CT molecular complexity index is 665. The fourth-order valence-electron chi connectivity index (χ4n) is 2.38. The highest BCUT2D eigenvalue weighted by atomic mass is 16.3. The van der Waals surface area contributed by atoms with Gasteiger partial charge in [0.2, 0.25) is 5.56 Å². The summed E-state index contributed by atoms with van der Waals surface area (Å²) in [5.41, 5.74) is 1.08. The Hall–Kier alpha value is -2.40. The lowest BCUT2D eigenvalue weighted by molar-refractivity contribution is 0.0945. The van der Waals surface area contributed by atoms with Gasteiger partial charge in [-0.15, -0.1) is 0 Å².